The number of benzene rings is 2. The first-order chi connectivity index (χ1) is 19.7. The molecule has 0 fully saturated rings. The Morgan fingerprint density at radius 3 is 2.59 bits per heavy atom. The Kier molecular flexibility index (Phi) is 9.29. The van der Waals surface area contributed by atoms with Crippen molar-refractivity contribution in [1.29, 1.82) is 0 Å². The maximum atomic E-state index is 13.2. The molecule has 2 amide bonds. The van der Waals surface area contributed by atoms with Crippen molar-refractivity contribution in [2.45, 2.75) is 57.6 Å². The number of halogens is 2. The van der Waals surface area contributed by atoms with E-state index in [2.05, 4.69) is 10.2 Å². The normalized spacial score (nSPS) is 17.3. The average Bonchev–Trinajstić information content (AvgIpc) is 2.97. The minimum absolute atomic E-state index is 0.0163. The number of aliphatic hydroxyl groups excluding tert-OH is 1. The van der Waals surface area contributed by atoms with Gasteiger partial charge < -0.3 is 15.3 Å². The number of amides is 2. The van der Waals surface area contributed by atoms with Crippen molar-refractivity contribution >= 4 is 40.7 Å². The Morgan fingerprint density at radius 2 is 1.85 bits per heavy atom. The van der Waals surface area contributed by atoms with Crippen LogP contribution < -0.4 is 5.32 Å². The van der Waals surface area contributed by atoms with Gasteiger partial charge in [0.2, 0.25) is 5.91 Å². The summed E-state index contributed by atoms with van der Waals surface area (Å²) in [5.41, 5.74) is 6.16. The van der Waals surface area contributed by atoms with E-state index in [-0.39, 0.29) is 17.7 Å². The fourth-order valence-corrected chi connectivity index (χ4v) is 6.35. The standard InChI is InChI=1S/C32H36Cl2N4O3/c1-20(39)35-30-24-10-6-7-11-28(24)36-31-25(30)18-38(19-29(31)40)15-14-23(22-12-13-26(33)27(34)16-22)17-37(2)32(41)21-8-4-3-5-9-21/h3-5,8-9,12-13,16,23,29,40H,6-7,10-11,14-15,17-19H2,1-2H3,(H,35,36,39). The molecule has 0 saturated heterocycles. The molecule has 2 unspecified atom stereocenters. The second kappa shape index (κ2) is 12.9. The molecule has 3 aromatic rings. The summed E-state index contributed by atoms with van der Waals surface area (Å²) in [7, 11) is 1.81. The Hall–Kier alpha value is -2.97. The third kappa shape index (κ3) is 6.75. The third-order valence-electron chi connectivity index (χ3n) is 8.11. The van der Waals surface area contributed by atoms with Crippen LogP contribution in [0, 0.1) is 0 Å². The molecule has 0 saturated carbocycles. The molecule has 2 aromatic carbocycles. The highest BCUT2D eigenvalue weighted by atomic mass is 35.5. The third-order valence-corrected chi connectivity index (χ3v) is 8.85. The number of hydrogen-bond acceptors (Lipinski definition) is 5. The average molecular weight is 596 g/mol. The maximum absolute atomic E-state index is 13.2. The minimum Gasteiger partial charge on any atom is -0.385 e. The van der Waals surface area contributed by atoms with Gasteiger partial charge in [0.05, 0.1) is 21.4 Å². The molecule has 7 nitrogen and oxygen atoms in total. The van der Waals surface area contributed by atoms with Crippen LogP contribution in [-0.4, -0.2) is 58.4 Å². The lowest BCUT2D eigenvalue weighted by atomic mass is 9.89. The topological polar surface area (TPSA) is 85.8 Å². The second-order valence-corrected chi connectivity index (χ2v) is 11.9. The lowest BCUT2D eigenvalue weighted by Gasteiger charge is -2.36. The van der Waals surface area contributed by atoms with Gasteiger partial charge in [-0.05, 0) is 74.0 Å². The van der Waals surface area contributed by atoms with Crippen LogP contribution in [-0.2, 0) is 24.2 Å². The number of rotatable bonds is 8. The molecular formula is C32H36Cl2N4O3. The van der Waals surface area contributed by atoms with Gasteiger partial charge in [-0.1, -0.05) is 47.5 Å². The molecule has 216 valence electrons. The van der Waals surface area contributed by atoms with Crippen LogP contribution in [0.25, 0.3) is 0 Å². The molecule has 0 radical (unpaired) electrons. The summed E-state index contributed by atoms with van der Waals surface area (Å²) in [5.74, 6) is -0.185. The zero-order valence-corrected chi connectivity index (χ0v) is 25.0. The number of nitrogens with zero attached hydrogens (tertiary/aromatic N) is 3. The quantitative estimate of drug-likeness (QED) is 0.333. The number of β-amino-alcohol motifs (C(OH)–C–C–N with tert-alkyl or cyclic N) is 1. The number of hydrogen-bond donors (Lipinski definition) is 2. The van der Waals surface area contributed by atoms with E-state index in [9.17, 15) is 14.7 Å². The summed E-state index contributed by atoms with van der Waals surface area (Å²) in [6.07, 6.45) is 3.85. The van der Waals surface area contributed by atoms with E-state index in [4.69, 9.17) is 28.2 Å². The highest BCUT2D eigenvalue weighted by Crippen LogP contribution is 2.38. The number of aryl methyl sites for hydroxylation is 1. The van der Waals surface area contributed by atoms with Crippen LogP contribution in [0.5, 0.6) is 0 Å². The number of likely N-dealkylation sites (N-methyl/N-ethyl adjacent to an activating group) is 1. The molecule has 1 aliphatic heterocycles. The lowest BCUT2D eigenvalue weighted by Crippen LogP contribution is -2.38. The predicted octanol–water partition coefficient (Wildman–Crippen LogP) is 6.02. The Bertz CT molecular complexity index is 1430. The van der Waals surface area contributed by atoms with Crippen LogP contribution >= 0.6 is 23.2 Å². The molecule has 1 aromatic heterocycles. The van der Waals surface area contributed by atoms with Crippen LogP contribution in [0.15, 0.2) is 48.5 Å². The molecule has 41 heavy (non-hydrogen) atoms. The van der Waals surface area contributed by atoms with Gasteiger partial charge in [-0.2, -0.15) is 0 Å². The summed E-state index contributed by atoms with van der Waals surface area (Å²) in [6, 6.07) is 14.9. The zero-order chi connectivity index (χ0) is 29.1. The summed E-state index contributed by atoms with van der Waals surface area (Å²) in [6.45, 7) is 3.71. The molecule has 2 aliphatic rings. The van der Waals surface area contributed by atoms with Gasteiger partial charge in [0.15, 0.2) is 0 Å². The van der Waals surface area contributed by atoms with Gasteiger partial charge in [0, 0.05) is 56.3 Å². The van der Waals surface area contributed by atoms with E-state index in [1.165, 1.54) is 6.92 Å². The fourth-order valence-electron chi connectivity index (χ4n) is 6.04. The first kappa shape index (κ1) is 29.5. The van der Waals surface area contributed by atoms with E-state index < -0.39 is 6.10 Å². The Balaban J connectivity index is 1.38. The highest BCUT2D eigenvalue weighted by molar-refractivity contribution is 6.42. The van der Waals surface area contributed by atoms with Crippen molar-refractivity contribution in [3.05, 3.63) is 92.2 Å². The number of carbonyl (C=O) groups excluding carboxylic acids is 2. The van der Waals surface area contributed by atoms with E-state index in [1.54, 1.807) is 11.0 Å². The smallest absolute Gasteiger partial charge is 0.253 e. The van der Waals surface area contributed by atoms with Crippen molar-refractivity contribution in [1.82, 2.24) is 14.8 Å². The Labute approximate surface area is 251 Å². The van der Waals surface area contributed by atoms with Crippen molar-refractivity contribution in [3.8, 4) is 0 Å². The van der Waals surface area contributed by atoms with Gasteiger partial charge in [-0.25, -0.2) is 0 Å². The van der Waals surface area contributed by atoms with Gasteiger partial charge in [0.25, 0.3) is 5.91 Å². The second-order valence-electron chi connectivity index (χ2n) is 11.1. The molecule has 2 atom stereocenters. The minimum atomic E-state index is -0.746. The molecule has 0 bridgehead atoms. The first-order valence-corrected chi connectivity index (χ1v) is 14.9. The van der Waals surface area contributed by atoms with Crippen LogP contribution in [0.3, 0.4) is 0 Å². The van der Waals surface area contributed by atoms with Crippen molar-refractivity contribution in [2.75, 3.05) is 32.0 Å². The summed E-state index contributed by atoms with van der Waals surface area (Å²) < 4.78 is 0. The predicted molar refractivity (Wildman–Crippen MR) is 163 cm³/mol. The van der Waals surface area contributed by atoms with Crippen LogP contribution in [0.2, 0.25) is 10.0 Å². The first-order valence-electron chi connectivity index (χ1n) is 14.2. The van der Waals surface area contributed by atoms with Gasteiger partial charge in [-0.3, -0.25) is 19.5 Å². The van der Waals surface area contributed by atoms with Gasteiger partial charge in [0.1, 0.15) is 6.10 Å². The fraction of sp³-hybridized carbons (Fsp3) is 0.406. The molecule has 0 spiro atoms. The van der Waals surface area contributed by atoms with Crippen molar-refractivity contribution in [2.24, 2.45) is 0 Å². The zero-order valence-electron chi connectivity index (χ0n) is 23.5. The van der Waals surface area contributed by atoms with Crippen molar-refractivity contribution in [3.63, 3.8) is 0 Å². The van der Waals surface area contributed by atoms with E-state index in [0.717, 1.165) is 60.2 Å². The van der Waals surface area contributed by atoms with Crippen molar-refractivity contribution < 1.29 is 14.7 Å². The number of nitrogens with one attached hydrogen (secondary N) is 1. The lowest BCUT2D eigenvalue weighted by molar-refractivity contribution is -0.114. The van der Waals surface area contributed by atoms with E-state index >= 15 is 0 Å². The Morgan fingerprint density at radius 1 is 1.10 bits per heavy atom. The molecule has 2 N–H and O–H groups in total. The monoisotopic (exact) mass is 594 g/mol. The number of aromatic nitrogens is 1. The van der Waals surface area contributed by atoms with E-state index in [1.807, 2.05) is 49.5 Å². The number of fused-ring (bicyclic) bond motifs is 2. The molecule has 9 heteroatoms. The maximum Gasteiger partial charge on any atom is 0.253 e. The number of anilines is 1. The number of carbonyl (C=O) groups is 2. The summed E-state index contributed by atoms with van der Waals surface area (Å²) >= 11 is 12.6. The largest absolute Gasteiger partial charge is 0.385 e. The summed E-state index contributed by atoms with van der Waals surface area (Å²) in [5, 5.41) is 15.2. The molecular weight excluding hydrogens is 559 g/mol. The summed E-state index contributed by atoms with van der Waals surface area (Å²) in [4.78, 5) is 34.2. The molecule has 1 aliphatic carbocycles. The number of aliphatic hydroxyl groups is 1. The van der Waals surface area contributed by atoms with E-state index in [0.29, 0.717) is 47.5 Å². The van der Waals surface area contributed by atoms with Crippen LogP contribution in [0.1, 0.15) is 76.6 Å². The highest BCUT2D eigenvalue weighted by Gasteiger charge is 2.32. The van der Waals surface area contributed by atoms with Crippen LogP contribution in [0.4, 0.5) is 5.69 Å². The van der Waals surface area contributed by atoms with Gasteiger partial charge >= 0.3 is 0 Å². The molecule has 5 rings (SSSR count). The SMILES string of the molecule is CC(=O)Nc1c2c(nc3c1CN(CCC(CN(C)C(=O)c1ccccc1)c1ccc(Cl)c(Cl)c1)CC3O)CCCC2. The molecule has 2 heterocycles. The number of pyridine rings is 1. The van der Waals surface area contributed by atoms with Gasteiger partial charge in [-0.15, -0.1) is 0 Å².